The number of hydrogen-bond donors (Lipinski definition) is 0. The summed E-state index contributed by atoms with van der Waals surface area (Å²) >= 11 is 6.43. The van der Waals surface area contributed by atoms with Crippen LogP contribution in [0.3, 0.4) is 0 Å². The first-order chi connectivity index (χ1) is 18.3. The molecule has 0 saturated heterocycles. The fraction of sp³-hybridized carbons (Fsp3) is 0.250. The van der Waals surface area contributed by atoms with Gasteiger partial charge in [-0.2, -0.15) is 0 Å². The fourth-order valence-electron chi connectivity index (χ4n) is 4.15. The second-order valence-corrected chi connectivity index (χ2v) is 11.0. The summed E-state index contributed by atoms with van der Waals surface area (Å²) in [5, 5.41) is 0. The summed E-state index contributed by atoms with van der Waals surface area (Å²) in [5.41, 5.74) is 2.19. The topological polar surface area (TPSA) is 79.1 Å². The van der Waals surface area contributed by atoms with Crippen LogP contribution in [-0.4, -0.2) is 37.1 Å². The van der Waals surface area contributed by atoms with Crippen LogP contribution in [0.2, 0.25) is 0 Å². The van der Waals surface area contributed by atoms with Crippen molar-refractivity contribution in [3.05, 3.63) is 95.6 Å². The Morgan fingerprint density at radius 2 is 2.03 bits per heavy atom. The molecule has 0 fully saturated rings. The van der Waals surface area contributed by atoms with Crippen LogP contribution in [0.25, 0.3) is 6.08 Å². The molecular formula is C28H27BrN2O5S2. The van der Waals surface area contributed by atoms with Crippen molar-refractivity contribution in [3.8, 4) is 11.5 Å². The Hall–Kier alpha value is -3.08. The summed E-state index contributed by atoms with van der Waals surface area (Å²) in [6.45, 7) is 7.76. The van der Waals surface area contributed by atoms with Gasteiger partial charge in [0.2, 0.25) is 0 Å². The minimum Gasteiger partial charge on any atom is -0.493 e. The zero-order chi connectivity index (χ0) is 27.4. The van der Waals surface area contributed by atoms with Crippen LogP contribution in [-0.2, 0) is 9.53 Å². The third kappa shape index (κ3) is 5.52. The first kappa shape index (κ1) is 27.9. The number of carbonyl (C=O) groups is 1. The van der Waals surface area contributed by atoms with E-state index < -0.39 is 12.0 Å². The SMILES string of the molecule is C=CCOc1c(Br)cc(/C=c2\sc3n(c2=O)[C@@H](c2ccc(SC)cc2)C(C(=O)OCC)=C(C)N=3)cc1OC. The molecule has 0 spiro atoms. The summed E-state index contributed by atoms with van der Waals surface area (Å²) < 4.78 is 19.3. The van der Waals surface area contributed by atoms with Gasteiger partial charge in [0, 0.05) is 4.90 Å². The van der Waals surface area contributed by atoms with E-state index in [-0.39, 0.29) is 12.2 Å². The van der Waals surface area contributed by atoms with Gasteiger partial charge in [-0.3, -0.25) is 9.36 Å². The van der Waals surface area contributed by atoms with E-state index in [1.165, 1.54) is 11.3 Å². The smallest absolute Gasteiger partial charge is 0.338 e. The van der Waals surface area contributed by atoms with E-state index in [0.29, 0.717) is 43.2 Å². The molecule has 0 N–H and O–H groups in total. The predicted octanol–water partition coefficient (Wildman–Crippen LogP) is 4.86. The van der Waals surface area contributed by atoms with Gasteiger partial charge in [0.15, 0.2) is 16.3 Å². The van der Waals surface area contributed by atoms with Crippen molar-refractivity contribution < 1.29 is 19.0 Å². The summed E-state index contributed by atoms with van der Waals surface area (Å²) in [6, 6.07) is 10.8. The van der Waals surface area contributed by atoms with Gasteiger partial charge >= 0.3 is 5.97 Å². The molecule has 0 unspecified atom stereocenters. The Balaban J connectivity index is 1.89. The number of halogens is 1. The second kappa shape index (κ2) is 12.2. The van der Waals surface area contributed by atoms with Gasteiger partial charge in [0.05, 0.1) is 40.0 Å². The van der Waals surface area contributed by atoms with Crippen molar-refractivity contribution in [3.63, 3.8) is 0 Å². The van der Waals surface area contributed by atoms with Crippen molar-refractivity contribution >= 4 is 51.1 Å². The fourth-order valence-corrected chi connectivity index (χ4v) is 6.18. The van der Waals surface area contributed by atoms with Crippen LogP contribution < -0.4 is 24.4 Å². The predicted molar refractivity (Wildman–Crippen MR) is 155 cm³/mol. The van der Waals surface area contributed by atoms with Crippen LogP contribution in [0.4, 0.5) is 0 Å². The number of carbonyl (C=O) groups excluding carboxylic acids is 1. The number of methoxy groups -OCH3 is 1. The van der Waals surface area contributed by atoms with Gasteiger partial charge < -0.3 is 14.2 Å². The normalized spacial score (nSPS) is 15.1. The Morgan fingerprint density at radius 1 is 1.29 bits per heavy atom. The Kier molecular flexibility index (Phi) is 8.96. The zero-order valence-electron chi connectivity index (χ0n) is 21.4. The molecule has 7 nitrogen and oxygen atoms in total. The van der Waals surface area contributed by atoms with Crippen molar-refractivity contribution in [1.29, 1.82) is 0 Å². The molecule has 2 aromatic carbocycles. The van der Waals surface area contributed by atoms with E-state index in [1.54, 1.807) is 55.5 Å². The number of hydrogen-bond acceptors (Lipinski definition) is 8. The van der Waals surface area contributed by atoms with E-state index >= 15 is 0 Å². The number of fused-ring (bicyclic) bond motifs is 1. The maximum absolute atomic E-state index is 13.8. The molecule has 0 saturated carbocycles. The molecule has 38 heavy (non-hydrogen) atoms. The van der Waals surface area contributed by atoms with Crippen molar-refractivity contribution in [2.75, 3.05) is 26.6 Å². The first-order valence-corrected chi connectivity index (χ1v) is 14.6. The minimum atomic E-state index is -0.653. The zero-order valence-corrected chi connectivity index (χ0v) is 24.7. The average Bonchev–Trinajstić information content (AvgIpc) is 3.21. The van der Waals surface area contributed by atoms with Gasteiger partial charge in [-0.15, -0.1) is 11.8 Å². The highest BCUT2D eigenvalue weighted by atomic mass is 79.9. The Bertz CT molecular complexity index is 1590. The molecule has 10 heteroatoms. The third-order valence-electron chi connectivity index (χ3n) is 5.84. The highest BCUT2D eigenvalue weighted by Crippen LogP contribution is 2.37. The molecule has 0 bridgehead atoms. The summed E-state index contributed by atoms with van der Waals surface area (Å²) in [5.74, 6) is 0.590. The number of rotatable bonds is 9. The molecule has 1 aromatic heterocycles. The summed E-state index contributed by atoms with van der Waals surface area (Å²) in [7, 11) is 1.56. The van der Waals surface area contributed by atoms with Gasteiger partial charge in [-0.1, -0.05) is 36.1 Å². The maximum atomic E-state index is 13.8. The standard InChI is InChI=1S/C28H27BrN2O5S2/c1-6-12-36-25-20(29)13-17(14-21(25)34-4)15-22-26(32)31-24(18-8-10-19(37-5)11-9-18)23(27(33)35-7-2)16(3)30-28(31)38-22/h6,8-11,13-15,24H,1,7,12H2,2-5H3/b22-15-/t24-/m0/s1. The van der Waals surface area contributed by atoms with Crippen LogP contribution >= 0.6 is 39.0 Å². The number of allylic oxidation sites excluding steroid dienone is 1. The molecule has 1 atom stereocenters. The number of benzene rings is 2. The number of thioether (sulfide) groups is 1. The lowest BCUT2D eigenvalue weighted by atomic mass is 9.96. The Labute approximate surface area is 237 Å². The van der Waals surface area contributed by atoms with Crippen molar-refractivity contribution in [2.24, 2.45) is 4.99 Å². The number of thiazole rings is 1. The number of esters is 1. The molecule has 0 amide bonds. The lowest BCUT2D eigenvalue weighted by Gasteiger charge is -2.24. The second-order valence-electron chi connectivity index (χ2n) is 8.21. The minimum absolute atomic E-state index is 0.224. The summed E-state index contributed by atoms with van der Waals surface area (Å²) in [6.07, 6.45) is 5.43. The first-order valence-electron chi connectivity index (χ1n) is 11.8. The van der Waals surface area contributed by atoms with Gasteiger partial charge in [-0.25, -0.2) is 9.79 Å². The third-order valence-corrected chi connectivity index (χ3v) is 8.16. The van der Waals surface area contributed by atoms with Crippen LogP contribution in [0.5, 0.6) is 11.5 Å². The molecule has 1 aliphatic heterocycles. The molecule has 0 aliphatic carbocycles. The van der Waals surface area contributed by atoms with E-state index in [4.69, 9.17) is 14.2 Å². The van der Waals surface area contributed by atoms with E-state index in [0.717, 1.165) is 16.0 Å². The molecular weight excluding hydrogens is 588 g/mol. The molecule has 2 heterocycles. The number of aromatic nitrogens is 1. The summed E-state index contributed by atoms with van der Waals surface area (Å²) in [4.78, 5) is 33.1. The lowest BCUT2D eigenvalue weighted by Crippen LogP contribution is -2.39. The Morgan fingerprint density at radius 3 is 2.66 bits per heavy atom. The maximum Gasteiger partial charge on any atom is 0.338 e. The molecule has 1 aliphatic rings. The highest BCUT2D eigenvalue weighted by molar-refractivity contribution is 9.10. The highest BCUT2D eigenvalue weighted by Gasteiger charge is 2.33. The van der Waals surface area contributed by atoms with E-state index in [9.17, 15) is 9.59 Å². The average molecular weight is 616 g/mol. The quantitative estimate of drug-likeness (QED) is 0.195. The lowest BCUT2D eigenvalue weighted by molar-refractivity contribution is -0.139. The van der Waals surface area contributed by atoms with Gasteiger partial charge in [-0.05, 0) is 77.5 Å². The largest absolute Gasteiger partial charge is 0.493 e. The number of nitrogens with zero attached hydrogens (tertiary/aromatic N) is 2. The molecule has 3 aromatic rings. The number of ether oxygens (including phenoxy) is 3. The van der Waals surface area contributed by atoms with Crippen molar-refractivity contribution in [1.82, 2.24) is 4.57 Å². The molecule has 0 radical (unpaired) electrons. The molecule has 198 valence electrons. The van der Waals surface area contributed by atoms with Crippen LogP contribution in [0, 0.1) is 0 Å². The van der Waals surface area contributed by atoms with E-state index in [1.807, 2.05) is 36.6 Å². The monoisotopic (exact) mass is 614 g/mol. The van der Waals surface area contributed by atoms with Crippen LogP contribution in [0.15, 0.2) is 79.5 Å². The van der Waals surface area contributed by atoms with Gasteiger partial charge in [0.25, 0.3) is 5.56 Å². The van der Waals surface area contributed by atoms with Crippen LogP contribution in [0.1, 0.15) is 31.0 Å². The van der Waals surface area contributed by atoms with E-state index in [2.05, 4.69) is 27.5 Å². The van der Waals surface area contributed by atoms with Crippen molar-refractivity contribution in [2.45, 2.75) is 24.8 Å². The van der Waals surface area contributed by atoms with Gasteiger partial charge in [0.1, 0.15) is 6.61 Å². The molecule has 4 rings (SSSR count).